The topological polar surface area (TPSA) is 82.1 Å². The van der Waals surface area contributed by atoms with Crippen molar-refractivity contribution in [1.82, 2.24) is 9.78 Å². The normalized spacial score (nSPS) is 13.7. The van der Waals surface area contributed by atoms with E-state index in [9.17, 15) is 14.7 Å². The maximum absolute atomic E-state index is 14.0. The second kappa shape index (κ2) is 9.43. The summed E-state index contributed by atoms with van der Waals surface area (Å²) in [5.74, 6) is -1.52. The molecule has 8 heteroatoms. The van der Waals surface area contributed by atoms with Crippen molar-refractivity contribution >= 4 is 40.4 Å². The molecule has 1 aliphatic heterocycles. The molecule has 0 unspecified atom stereocenters. The summed E-state index contributed by atoms with van der Waals surface area (Å²) < 4.78 is 2.85. The first kappa shape index (κ1) is 23.5. The van der Waals surface area contributed by atoms with E-state index in [0.29, 0.717) is 34.9 Å². The summed E-state index contributed by atoms with van der Waals surface area (Å²) in [6, 6.07) is 19.2. The van der Waals surface area contributed by atoms with Gasteiger partial charge < -0.3 is 5.11 Å². The third-order valence-corrected chi connectivity index (χ3v) is 6.27. The predicted octanol–water partition coefficient (Wildman–Crippen LogP) is 4.09. The Morgan fingerprint density at radius 2 is 1.67 bits per heavy atom. The molecule has 0 aliphatic carbocycles. The number of pyridine rings is 1. The van der Waals surface area contributed by atoms with Crippen LogP contribution in [-0.2, 0) is 16.0 Å². The number of imide groups is 1. The van der Waals surface area contributed by atoms with Gasteiger partial charge in [0.1, 0.15) is 5.57 Å². The van der Waals surface area contributed by atoms with Crippen LogP contribution >= 0.6 is 11.6 Å². The lowest BCUT2D eigenvalue weighted by Gasteiger charge is -2.16. The molecule has 180 valence electrons. The Balaban J connectivity index is 1.76. The fraction of sp³-hybridized carbons (Fsp3) is 0.143. The first-order valence-corrected chi connectivity index (χ1v) is 12.0. The lowest BCUT2D eigenvalue weighted by Crippen LogP contribution is -2.39. The zero-order chi connectivity index (χ0) is 25.4. The van der Waals surface area contributed by atoms with E-state index in [1.54, 1.807) is 71.6 Å². The average Bonchev–Trinajstić information content (AvgIpc) is 3.32. The molecular weight excluding hydrogens is 476 g/mol. The molecule has 2 aromatic heterocycles. The minimum Gasteiger partial charge on any atom is -0.858 e. The van der Waals surface area contributed by atoms with Gasteiger partial charge in [0, 0.05) is 22.7 Å². The first-order chi connectivity index (χ1) is 17.4. The van der Waals surface area contributed by atoms with Crippen LogP contribution in [0.15, 0.2) is 79.1 Å². The summed E-state index contributed by atoms with van der Waals surface area (Å²) in [5, 5.41) is 18.9. The zero-order valence-corrected chi connectivity index (χ0v) is 20.6. The van der Waals surface area contributed by atoms with Gasteiger partial charge in [-0.2, -0.15) is 9.67 Å². The van der Waals surface area contributed by atoms with Crippen molar-refractivity contribution in [3.8, 4) is 11.6 Å². The molecule has 36 heavy (non-hydrogen) atoms. The molecular formula is C28H23ClN4O3. The lowest BCUT2D eigenvalue weighted by molar-refractivity contribution is -0.576. The largest absolute Gasteiger partial charge is 0.858 e. The van der Waals surface area contributed by atoms with E-state index < -0.39 is 17.7 Å². The van der Waals surface area contributed by atoms with Crippen molar-refractivity contribution in [2.45, 2.75) is 26.7 Å². The highest BCUT2D eigenvalue weighted by atomic mass is 35.5. The van der Waals surface area contributed by atoms with Crippen molar-refractivity contribution in [1.29, 1.82) is 0 Å². The van der Waals surface area contributed by atoms with Gasteiger partial charge >= 0.3 is 5.91 Å². The predicted molar refractivity (Wildman–Crippen MR) is 135 cm³/mol. The van der Waals surface area contributed by atoms with Crippen molar-refractivity contribution in [2.75, 3.05) is 4.90 Å². The number of hydrogen-bond donors (Lipinski definition) is 0. The fourth-order valence-corrected chi connectivity index (χ4v) is 4.52. The second-order valence-electron chi connectivity index (χ2n) is 8.56. The molecule has 2 aromatic carbocycles. The Bertz CT molecular complexity index is 1510. The van der Waals surface area contributed by atoms with Gasteiger partial charge in [0.25, 0.3) is 11.6 Å². The lowest BCUT2D eigenvalue weighted by atomic mass is 10.0. The van der Waals surface area contributed by atoms with E-state index in [1.807, 2.05) is 26.0 Å². The summed E-state index contributed by atoms with van der Waals surface area (Å²) in [7, 11) is 0. The molecule has 1 aliphatic rings. The van der Waals surface area contributed by atoms with Crippen molar-refractivity contribution in [3.63, 3.8) is 0 Å². The van der Waals surface area contributed by atoms with Gasteiger partial charge in [0.05, 0.1) is 17.1 Å². The molecule has 0 spiro atoms. The third-order valence-electron chi connectivity index (χ3n) is 6.02. The van der Waals surface area contributed by atoms with Crippen LogP contribution in [0.25, 0.3) is 17.0 Å². The van der Waals surface area contributed by atoms with Crippen LogP contribution in [0.3, 0.4) is 0 Å². The van der Waals surface area contributed by atoms with Crippen LogP contribution in [0, 0.1) is 6.92 Å². The summed E-state index contributed by atoms with van der Waals surface area (Å²) in [4.78, 5) is 28.9. The molecule has 0 saturated carbocycles. The number of amides is 2. The first-order valence-electron chi connectivity index (χ1n) is 11.6. The number of anilines is 1. The standard InChI is InChI=1S/C28H23ClN4O3/c1-3-8-22-23(27(35)33(30-22)20-13-11-19(29)12-14-20)24-25(31-15-5-4-6-16-31)28(36)32(26(24)34)21-10-7-9-18(2)17-21/h4-7,9-17H,3,8H2,1-2H3. The van der Waals surface area contributed by atoms with E-state index in [0.717, 1.165) is 10.5 Å². The molecule has 0 bridgehead atoms. The summed E-state index contributed by atoms with van der Waals surface area (Å²) in [5.41, 5.74) is 2.65. The summed E-state index contributed by atoms with van der Waals surface area (Å²) in [6.45, 7) is 3.86. The van der Waals surface area contributed by atoms with Gasteiger partial charge in [-0.05, 0) is 61.2 Å². The fourth-order valence-electron chi connectivity index (χ4n) is 4.40. The Morgan fingerprint density at radius 3 is 2.33 bits per heavy atom. The van der Waals surface area contributed by atoms with Gasteiger partial charge in [-0.1, -0.05) is 43.1 Å². The van der Waals surface area contributed by atoms with E-state index in [2.05, 4.69) is 5.10 Å². The van der Waals surface area contributed by atoms with Crippen LogP contribution in [0.1, 0.15) is 30.2 Å². The van der Waals surface area contributed by atoms with Gasteiger partial charge in [-0.15, -0.1) is 0 Å². The average molecular weight is 499 g/mol. The minimum atomic E-state index is -0.554. The number of aromatic nitrogens is 3. The van der Waals surface area contributed by atoms with Crippen LogP contribution in [0.5, 0.6) is 5.88 Å². The smallest absolute Gasteiger partial charge is 0.331 e. The summed E-state index contributed by atoms with van der Waals surface area (Å²) in [6.07, 6.45) is 4.55. The Morgan fingerprint density at radius 1 is 0.944 bits per heavy atom. The quantitative estimate of drug-likeness (QED) is 0.296. The van der Waals surface area contributed by atoms with Crippen LogP contribution in [-0.4, -0.2) is 21.6 Å². The SMILES string of the molecule is CCCc1nn(-c2ccc(Cl)cc2)c([O-])c1C1=C([n+]2ccccc2)C(=O)N(c2cccc(C)c2)C1=O. The van der Waals surface area contributed by atoms with E-state index in [-0.39, 0.29) is 16.8 Å². The Hall–Kier alpha value is -4.23. The third kappa shape index (κ3) is 3.97. The van der Waals surface area contributed by atoms with Gasteiger partial charge in [0.15, 0.2) is 12.4 Å². The number of aryl methyl sites for hydroxylation is 2. The maximum Gasteiger partial charge on any atom is 0.331 e. The molecule has 0 N–H and O–H groups in total. The van der Waals surface area contributed by atoms with E-state index in [1.165, 1.54) is 4.68 Å². The zero-order valence-electron chi connectivity index (χ0n) is 19.8. The molecule has 0 fully saturated rings. The molecule has 0 atom stereocenters. The highest BCUT2D eigenvalue weighted by Crippen LogP contribution is 2.39. The van der Waals surface area contributed by atoms with Crippen LogP contribution in [0.4, 0.5) is 5.69 Å². The summed E-state index contributed by atoms with van der Waals surface area (Å²) >= 11 is 6.03. The highest BCUT2D eigenvalue weighted by Gasteiger charge is 2.47. The van der Waals surface area contributed by atoms with Gasteiger partial charge in [-0.3, -0.25) is 9.59 Å². The molecule has 2 amide bonds. The minimum absolute atomic E-state index is 0.0476. The van der Waals surface area contributed by atoms with E-state index >= 15 is 0 Å². The van der Waals surface area contributed by atoms with Crippen molar-refractivity contribution in [2.24, 2.45) is 0 Å². The number of rotatable bonds is 6. The van der Waals surface area contributed by atoms with Crippen LogP contribution < -0.4 is 14.6 Å². The number of halogens is 1. The van der Waals surface area contributed by atoms with Gasteiger partial charge in [0.2, 0.25) is 0 Å². The Labute approximate surface area is 213 Å². The molecule has 0 radical (unpaired) electrons. The van der Waals surface area contributed by atoms with Crippen LogP contribution in [0.2, 0.25) is 5.02 Å². The highest BCUT2D eigenvalue weighted by molar-refractivity contribution is 6.53. The monoisotopic (exact) mass is 498 g/mol. The number of nitrogens with zero attached hydrogens (tertiary/aromatic N) is 4. The van der Waals surface area contributed by atoms with Crippen molar-refractivity contribution < 1.29 is 19.3 Å². The second-order valence-corrected chi connectivity index (χ2v) is 8.99. The van der Waals surface area contributed by atoms with Crippen molar-refractivity contribution in [3.05, 3.63) is 101 Å². The number of carbonyl (C=O) groups excluding carboxylic acids is 2. The number of carbonyl (C=O) groups is 2. The molecule has 3 heterocycles. The Kier molecular flexibility index (Phi) is 6.16. The molecule has 5 rings (SSSR count). The maximum atomic E-state index is 14.0. The number of benzene rings is 2. The van der Waals surface area contributed by atoms with E-state index in [4.69, 9.17) is 11.6 Å². The molecule has 7 nitrogen and oxygen atoms in total. The molecule has 0 saturated heterocycles. The van der Waals surface area contributed by atoms with Gasteiger partial charge in [-0.25, -0.2) is 9.58 Å². The molecule has 4 aromatic rings. The number of hydrogen-bond acceptors (Lipinski definition) is 4.